The van der Waals surface area contributed by atoms with Crippen molar-refractivity contribution >= 4 is 12.9 Å². The first-order valence-corrected chi connectivity index (χ1v) is 4.01. The molecule has 0 spiro atoms. The highest BCUT2D eigenvalue weighted by atomic mass is 32.1. The molecule has 1 fully saturated rings. The van der Waals surface area contributed by atoms with Gasteiger partial charge in [0, 0.05) is 0 Å². The van der Waals surface area contributed by atoms with Gasteiger partial charge in [-0.05, 0) is 31.7 Å². The summed E-state index contributed by atoms with van der Waals surface area (Å²) >= 11 is 3.82. The maximum atomic E-state index is 5.00. The quantitative estimate of drug-likeness (QED) is 0.441. The smallest absolute Gasteiger partial charge is 0.0744 e. The molecule has 1 rings (SSSR count). The minimum absolute atomic E-state index is 0.419. The predicted octanol–water partition coefficient (Wildman–Crippen LogP) is 2.43. The lowest BCUT2D eigenvalue weighted by atomic mass is 9.88. The van der Waals surface area contributed by atoms with E-state index in [9.17, 15) is 0 Å². The van der Waals surface area contributed by atoms with E-state index in [2.05, 4.69) is 19.8 Å². The molecule has 0 radical (unpaired) electrons. The molecule has 9 heavy (non-hydrogen) atoms. The number of hydrogen-bond acceptors (Lipinski definition) is 2. The van der Waals surface area contributed by atoms with Crippen molar-refractivity contribution in [2.45, 2.75) is 38.7 Å². The fourth-order valence-electron chi connectivity index (χ4n) is 1.44. The van der Waals surface area contributed by atoms with E-state index in [0.717, 1.165) is 5.92 Å². The van der Waals surface area contributed by atoms with Gasteiger partial charge in [-0.1, -0.05) is 19.8 Å². The highest BCUT2D eigenvalue weighted by Crippen LogP contribution is 2.26. The lowest BCUT2D eigenvalue weighted by Gasteiger charge is -2.25. The van der Waals surface area contributed by atoms with Gasteiger partial charge in [0.2, 0.25) is 0 Å². The third kappa shape index (κ3) is 1.87. The molecule has 1 nitrogen and oxygen atoms in total. The Morgan fingerprint density at radius 3 is 2.44 bits per heavy atom. The lowest BCUT2D eigenvalue weighted by molar-refractivity contribution is 0.129. The Balaban J connectivity index is 2.30. The van der Waals surface area contributed by atoms with Crippen LogP contribution in [0, 0.1) is 5.92 Å². The van der Waals surface area contributed by atoms with Crippen LogP contribution in [0.3, 0.4) is 0 Å². The summed E-state index contributed by atoms with van der Waals surface area (Å²) in [5.74, 6) is 0.719. The second kappa shape index (κ2) is 3.47. The van der Waals surface area contributed by atoms with E-state index in [1.165, 1.54) is 25.7 Å². The number of rotatable bonds is 1. The van der Waals surface area contributed by atoms with Crippen molar-refractivity contribution in [2.24, 2.45) is 5.92 Å². The van der Waals surface area contributed by atoms with E-state index in [4.69, 9.17) is 4.18 Å². The molecule has 0 aliphatic heterocycles. The van der Waals surface area contributed by atoms with Crippen LogP contribution in [0.5, 0.6) is 0 Å². The van der Waals surface area contributed by atoms with Crippen LogP contribution in [-0.4, -0.2) is 6.10 Å². The monoisotopic (exact) mass is 146 g/mol. The number of thiol groups is 1. The summed E-state index contributed by atoms with van der Waals surface area (Å²) < 4.78 is 5.00. The molecule has 54 valence electrons. The van der Waals surface area contributed by atoms with Crippen molar-refractivity contribution in [3.63, 3.8) is 0 Å². The Morgan fingerprint density at radius 1 is 1.33 bits per heavy atom. The van der Waals surface area contributed by atoms with Gasteiger partial charge in [-0.3, -0.25) is 0 Å². The summed E-state index contributed by atoms with van der Waals surface area (Å²) in [6.45, 7) is 2.24. The molecule has 0 aromatic heterocycles. The van der Waals surface area contributed by atoms with Crippen LogP contribution in [0.1, 0.15) is 32.6 Å². The number of hydrogen-bond donors (Lipinski definition) is 1. The van der Waals surface area contributed by atoms with Crippen molar-refractivity contribution in [3.8, 4) is 0 Å². The second-order valence-corrected chi connectivity index (χ2v) is 3.12. The average molecular weight is 146 g/mol. The largest absolute Gasteiger partial charge is 0.315 e. The zero-order valence-corrected chi connectivity index (χ0v) is 6.73. The van der Waals surface area contributed by atoms with Crippen LogP contribution < -0.4 is 0 Å². The highest BCUT2D eigenvalue weighted by Gasteiger charge is 2.20. The van der Waals surface area contributed by atoms with Gasteiger partial charge in [0.25, 0.3) is 0 Å². The molecule has 0 unspecified atom stereocenters. The third-order valence-electron chi connectivity index (χ3n) is 2.17. The molecule has 1 aliphatic carbocycles. The van der Waals surface area contributed by atoms with Crippen LogP contribution in [0.25, 0.3) is 0 Å². The average Bonchev–Trinajstić information content (AvgIpc) is 1.89. The van der Waals surface area contributed by atoms with Crippen LogP contribution in [-0.2, 0) is 4.18 Å². The van der Waals surface area contributed by atoms with Gasteiger partial charge >= 0.3 is 0 Å². The third-order valence-corrected chi connectivity index (χ3v) is 2.44. The van der Waals surface area contributed by atoms with E-state index in [-0.39, 0.29) is 0 Å². The minimum atomic E-state index is 0.419. The van der Waals surface area contributed by atoms with Crippen molar-refractivity contribution in [1.29, 1.82) is 0 Å². The molecular formula is C7H14OS. The summed E-state index contributed by atoms with van der Waals surface area (Å²) in [5.41, 5.74) is 0. The maximum Gasteiger partial charge on any atom is 0.0744 e. The van der Waals surface area contributed by atoms with Gasteiger partial charge in [-0.2, -0.15) is 0 Å². The SMILES string of the molecule is C[C@@H]1CCCC[C@H]1OS. The van der Waals surface area contributed by atoms with E-state index >= 15 is 0 Å². The molecule has 2 atom stereocenters. The minimum Gasteiger partial charge on any atom is -0.315 e. The molecule has 0 saturated heterocycles. The normalized spacial score (nSPS) is 36.7. The molecular weight excluding hydrogens is 132 g/mol. The Bertz CT molecular complexity index is 85.0. The fourth-order valence-corrected chi connectivity index (χ4v) is 1.75. The molecule has 0 N–H and O–H groups in total. The summed E-state index contributed by atoms with van der Waals surface area (Å²) in [5, 5.41) is 0. The first-order chi connectivity index (χ1) is 4.34. The maximum absolute atomic E-state index is 5.00. The first-order valence-electron chi connectivity index (χ1n) is 3.65. The van der Waals surface area contributed by atoms with Crippen molar-refractivity contribution < 1.29 is 4.18 Å². The van der Waals surface area contributed by atoms with Gasteiger partial charge in [0.05, 0.1) is 6.10 Å². The van der Waals surface area contributed by atoms with Gasteiger partial charge in [-0.15, -0.1) is 0 Å². The van der Waals surface area contributed by atoms with Crippen LogP contribution in [0.15, 0.2) is 0 Å². The summed E-state index contributed by atoms with van der Waals surface area (Å²) in [4.78, 5) is 0. The van der Waals surface area contributed by atoms with Gasteiger partial charge in [0.1, 0.15) is 0 Å². The molecule has 0 aromatic carbocycles. The molecule has 1 saturated carbocycles. The lowest BCUT2D eigenvalue weighted by Crippen LogP contribution is -2.22. The van der Waals surface area contributed by atoms with E-state index in [0.29, 0.717) is 6.10 Å². The van der Waals surface area contributed by atoms with E-state index < -0.39 is 0 Å². The zero-order valence-electron chi connectivity index (χ0n) is 5.84. The Kier molecular flexibility index (Phi) is 2.86. The Morgan fingerprint density at radius 2 is 2.00 bits per heavy atom. The molecule has 0 amide bonds. The van der Waals surface area contributed by atoms with E-state index in [1.807, 2.05) is 0 Å². The van der Waals surface area contributed by atoms with Crippen molar-refractivity contribution in [2.75, 3.05) is 0 Å². The van der Waals surface area contributed by atoms with Crippen LogP contribution in [0.2, 0.25) is 0 Å². The van der Waals surface area contributed by atoms with Crippen molar-refractivity contribution in [3.05, 3.63) is 0 Å². The highest BCUT2D eigenvalue weighted by molar-refractivity contribution is 7.75. The topological polar surface area (TPSA) is 9.23 Å². The Labute approximate surface area is 62.4 Å². The van der Waals surface area contributed by atoms with Gasteiger partial charge in [-0.25, -0.2) is 0 Å². The summed E-state index contributed by atoms with van der Waals surface area (Å²) in [6.07, 6.45) is 5.61. The predicted molar refractivity (Wildman–Crippen MR) is 41.5 cm³/mol. The van der Waals surface area contributed by atoms with Gasteiger partial charge in [0.15, 0.2) is 0 Å². The van der Waals surface area contributed by atoms with Crippen LogP contribution in [0.4, 0.5) is 0 Å². The first kappa shape index (κ1) is 7.42. The second-order valence-electron chi connectivity index (χ2n) is 2.91. The van der Waals surface area contributed by atoms with Crippen LogP contribution >= 0.6 is 12.9 Å². The Hall–Kier alpha value is 0.310. The molecule has 2 heteroatoms. The standard InChI is InChI=1S/C7H14OS/c1-6-4-2-3-5-7(6)8-9/h6-7,9H,2-5H2,1H3/t6-,7-/m1/s1. The molecule has 0 heterocycles. The van der Waals surface area contributed by atoms with E-state index in [1.54, 1.807) is 0 Å². The molecule has 1 aliphatic rings. The molecule has 0 aromatic rings. The summed E-state index contributed by atoms with van der Waals surface area (Å²) in [6, 6.07) is 0. The zero-order chi connectivity index (χ0) is 6.69. The molecule has 0 bridgehead atoms. The van der Waals surface area contributed by atoms with Gasteiger partial charge < -0.3 is 4.18 Å². The summed E-state index contributed by atoms with van der Waals surface area (Å²) in [7, 11) is 0. The fraction of sp³-hybridized carbons (Fsp3) is 1.00. The van der Waals surface area contributed by atoms with Crippen molar-refractivity contribution in [1.82, 2.24) is 0 Å².